The number of hydrogen-bond donors (Lipinski definition) is 1. The highest BCUT2D eigenvalue weighted by Gasteiger charge is 2.30. The molecule has 0 unspecified atom stereocenters. The molecule has 9 heteroatoms. The van der Waals surface area contributed by atoms with Gasteiger partial charge >= 0.3 is 0 Å². The van der Waals surface area contributed by atoms with Crippen molar-refractivity contribution in [2.75, 3.05) is 32.1 Å². The van der Waals surface area contributed by atoms with Gasteiger partial charge in [-0.15, -0.1) is 0 Å². The molecule has 0 radical (unpaired) electrons. The molecular weight excluding hydrogens is 516 g/mol. The van der Waals surface area contributed by atoms with Crippen LogP contribution in [0, 0.1) is 6.92 Å². The number of sulfonamides is 1. The second kappa shape index (κ2) is 12.2. The van der Waals surface area contributed by atoms with Crippen molar-refractivity contribution in [1.29, 1.82) is 0 Å². The Bertz CT molecular complexity index is 1180. The SMILES string of the molecule is COc1ccc(-c2sc(N(C)C3CCCCC3)nc2C)cc1S(=O)(=O)NC1CCN(C2CCCCC2)CC1. The van der Waals surface area contributed by atoms with Crippen LogP contribution in [0.5, 0.6) is 5.75 Å². The van der Waals surface area contributed by atoms with Gasteiger partial charge in [-0.2, -0.15) is 0 Å². The molecule has 0 atom stereocenters. The summed E-state index contributed by atoms with van der Waals surface area (Å²) in [5.41, 5.74) is 1.81. The number of likely N-dealkylation sites (tertiary alicyclic amines) is 1. The molecule has 7 nitrogen and oxygen atoms in total. The highest BCUT2D eigenvalue weighted by atomic mass is 32.2. The predicted molar refractivity (Wildman–Crippen MR) is 156 cm³/mol. The fourth-order valence-corrected chi connectivity index (χ4v) is 9.16. The number of nitrogens with zero attached hydrogens (tertiary/aromatic N) is 3. The summed E-state index contributed by atoms with van der Waals surface area (Å²) in [5, 5.41) is 1.01. The third kappa shape index (κ3) is 6.21. The highest BCUT2D eigenvalue weighted by molar-refractivity contribution is 7.89. The minimum atomic E-state index is -3.73. The maximum atomic E-state index is 13.6. The molecule has 38 heavy (non-hydrogen) atoms. The molecule has 2 aliphatic carbocycles. The van der Waals surface area contributed by atoms with Crippen molar-refractivity contribution < 1.29 is 13.2 Å². The number of benzene rings is 1. The van der Waals surface area contributed by atoms with E-state index in [0.29, 0.717) is 17.8 Å². The summed E-state index contributed by atoms with van der Waals surface area (Å²) < 4.78 is 35.8. The Morgan fingerprint density at radius 2 is 1.66 bits per heavy atom. The van der Waals surface area contributed by atoms with Crippen LogP contribution in [0.2, 0.25) is 0 Å². The predicted octanol–water partition coefficient (Wildman–Crippen LogP) is 5.97. The van der Waals surface area contributed by atoms with Gasteiger partial charge in [0, 0.05) is 25.2 Å². The van der Waals surface area contributed by atoms with Crippen LogP contribution in [0.15, 0.2) is 23.1 Å². The van der Waals surface area contributed by atoms with Crippen molar-refractivity contribution in [3.8, 4) is 16.2 Å². The lowest BCUT2D eigenvalue weighted by atomic mass is 9.92. The van der Waals surface area contributed by atoms with Gasteiger partial charge in [0.05, 0.1) is 17.7 Å². The molecule has 0 spiro atoms. The van der Waals surface area contributed by atoms with E-state index in [0.717, 1.165) is 47.2 Å². The van der Waals surface area contributed by atoms with E-state index in [9.17, 15) is 8.42 Å². The lowest BCUT2D eigenvalue weighted by molar-refractivity contribution is 0.120. The van der Waals surface area contributed by atoms with Gasteiger partial charge in [0.2, 0.25) is 10.0 Å². The summed E-state index contributed by atoms with van der Waals surface area (Å²) >= 11 is 1.65. The van der Waals surface area contributed by atoms with Gasteiger partial charge in [-0.25, -0.2) is 18.1 Å². The maximum Gasteiger partial charge on any atom is 0.244 e. The van der Waals surface area contributed by atoms with Crippen molar-refractivity contribution >= 4 is 26.5 Å². The van der Waals surface area contributed by atoms with Gasteiger partial charge < -0.3 is 14.5 Å². The van der Waals surface area contributed by atoms with E-state index in [1.54, 1.807) is 23.5 Å². The summed E-state index contributed by atoms with van der Waals surface area (Å²) in [6.07, 6.45) is 14.6. The van der Waals surface area contributed by atoms with Crippen molar-refractivity contribution in [3.63, 3.8) is 0 Å². The standard InChI is InChI=1S/C29H44N4O3S2/c1-21-28(37-29(30-21)32(2)24-10-6-4-7-11-24)22-14-15-26(36-3)27(20-22)38(34,35)31-23-16-18-33(19-17-23)25-12-8-5-9-13-25/h14-15,20,23-25,31H,4-13,16-19H2,1-3H3. The third-order valence-electron chi connectivity index (χ3n) is 8.87. The topological polar surface area (TPSA) is 74.8 Å². The first-order valence-corrected chi connectivity index (χ1v) is 16.8. The first kappa shape index (κ1) is 27.9. The number of hydrogen-bond acceptors (Lipinski definition) is 7. The van der Waals surface area contributed by atoms with E-state index >= 15 is 0 Å². The maximum absolute atomic E-state index is 13.6. The largest absolute Gasteiger partial charge is 0.495 e. The second-order valence-corrected chi connectivity index (χ2v) is 14.1. The van der Waals surface area contributed by atoms with Gasteiger partial charge in [-0.05, 0) is 82.3 Å². The molecule has 0 amide bonds. The number of piperidine rings is 1. The van der Waals surface area contributed by atoms with Crippen LogP contribution in [0.25, 0.3) is 10.4 Å². The fourth-order valence-electron chi connectivity index (χ4n) is 6.56. The van der Waals surface area contributed by atoms with Gasteiger partial charge in [0.25, 0.3) is 0 Å². The highest BCUT2D eigenvalue weighted by Crippen LogP contribution is 2.39. The van der Waals surface area contributed by atoms with Crippen molar-refractivity contribution in [2.45, 2.75) is 107 Å². The first-order chi connectivity index (χ1) is 18.4. The van der Waals surface area contributed by atoms with E-state index < -0.39 is 10.0 Å². The number of methoxy groups -OCH3 is 1. The lowest BCUT2D eigenvalue weighted by Gasteiger charge is -2.39. The van der Waals surface area contributed by atoms with Crippen LogP contribution in [-0.4, -0.2) is 63.7 Å². The quantitative estimate of drug-likeness (QED) is 0.429. The molecule has 2 aromatic rings. The molecule has 1 aromatic carbocycles. The van der Waals surface area contributed by atoms with E-state index in [4.69, 9.17) is 9.72 Å². The van der Waals surface area contributed by atoms with E-state index in [2.05, 4.69) is 21.6 Å². The lowest BCUT2D eigenvalue weighted by Crippen LogP contribution is -2.48. The minimum Gasteiger partial charge on any atom is -0.495 e. The Morgan fingerprint density at radius 1 is 1.00 bits per heavy atom. The fraction of sp³-hybridized carbons (Fsp3) is 0.690. The average molecular weight is 561 g/mol. The zero-order valence-corrected chi connectivity index (χ0v) is 24.9. The number of thiazole rings is 1. The molecule has 3 aliphatic rings. The number of aryl methyl sites for hydroxylation is 1. The Morgan fingerprint density at radius 3 is 2.32 bits per heavy atom. The molecule has 1 N–H and O–H groups in total. The molecule has 0 bridgehead atoms. The molecule has 210 valence electrons. The Hall–Kier alpha value is -1.68. The first-order valence-electron chi connectivity index (χ1n) is 14.5. The summed E-state index contributed by atoms with van der Waals surface area (Å²) in [7, 11) is -0.0568. The van der Waals surface area contributed by atoms with Crippen molar-refractivity contribution in [2.24, 2.45) is 0 Å². The van der Waals surface area contributed by atoms with Crippen LogP contribution in [0.1, 0.15) is 82.7 Å². The van der Waals surface area contributed by atoms with Crippen LogP contribution in [0.4, 0.5) is 5.13 Å². The Labute approximate surface area is 233 Å². The molecule has 3 fully saturated rings. The number of ether oxygens (including phenoxy) is 1. The van der Waals surface area contributed by atoms with Gasteiger partial charge in [0.15, 0.2) is 5.13 Å². The average Bonchev–Trinajstić information content (AvgIpc) is 3.35. The number of anilines is 1. The molecular formula is C29H44N4O3S2. The minimum absolute atomic E-state index is 0.0471. The molecule has 2 saturated carbocycles. The number of nitrogens with one attached hydrogen (secondary N) is 1. The number of aromatic nitrogens is 1. The normalized spacial score (nSPS) is 21.0. The van der Waals surface area contributed by atoms with Crippen LogP contribution >= 0.6 is 11.3 Å². The van der Waals surface area contributed by atoms with Crippen LogP contribution < -0.4 is 14.4 Å². The summed E-state index contributed by atoms with van der Waals surface area (Å²) in [6.45, 7) is 3.94. The molecule has 2 heterocycles. The van der Waals surface area contributed by atoms with E-state index in [1.807, 2.05) is 13.0 Å². The molecule has 1 aliphatic heterocycles. The van der Waals surface area contributed by atoms with E-state index in [1.165, 1.54) is 71.3 Å². The van der Waals surface area contributed by atoms with Gasteiger partial charge in [-0.3, -0.25) is 0 Å². The van der Waals surface area contributed by atoms with Gasteiger partial charge in [0.1, 0.15) is 10.6 Å². The van der Waals surface area contributed by atoms with Crippen molar-refractivity contribution in [1.82, 2.24) is 14.6 Å². The zero-order chi connectivity index (χ0) is 26.7. The molecule has 1 aromatic heterocycles. The molecule has 1 saturated heterocycles. The smallest absolute Gasteiger partial charge is 0.244 e. The van der Waals surface area contributed by atoms with Crippen molar-refractivity contribution in [3.05, 3.63) is 23.9 Å². The molecule has 5 rings (SSSR count). The summed E-state index contributed by atoms with van der Waals surface area (Å²) in [5.74, 6) is 0.377. The van der Waals surface area contributed by atoms with E-state index in [-0.39, 0.29) is 10.9 Å². The second-order valence-electron chi connectivity index (χ2n) is 11.4. The van der Waals surface area contributed by atoms with Crippen LogP contribution in [0.3, 0.4) is 0 Å². The zero-order valence-electron chi connectivity index (χ0n) is 23.2. The summed E-state index contributed by atoms with van der Waals surface area (Å²) in [6, 6.07) is 6.66. The Kier molecular flexibility index (Phi) is 8.97. The third-order valence-corrected chi connectivity index (χ3v) is 11.7. The Balaban J connectivity index is 1.31. The monoisotopic (exact) mass is 560 g/mol. The summed E-state index contributed by atoms with van der Waals surface area (Å²) in [4.78, 5) is 11.0. The van der Waals surface area contributed by atoms with Gasteiger partial charge in [-0.1, -0.05) is 49.9 Å². The number of rotatable bonds is 8. The van der Waals surface area contributed by atoms with Crippen LogP contribution in [-0.2, 0) is 10.0 Å².